The zero-order valence-corrected chi connectivity index (χ0v) is 11.3. The molecule has 0 aliphatic heterocycles. The minimum absolute atomic E-state index is 0.206. The molecule has 90 valence electrons. The van der Waals surface area contributed by atoms with Gasteiger partial charge in [0, 0.05) is 10.9 Å². The molecule has 0 saturated heterocycles. The first-order valence-corrected chi connectivity index (χ1v) is 6.67. The van der Waals surface area contributed by atoms with E-state index in [1.807, 2.05) is 12.1 Å². The van der Waals surface area contributed by atoms with Gasteiger partial charge >= 0.3 is 0 Å². The molecule has 1 aromatic rings. The summed E-state index contributed by atoms with van der Waals surface area (Å²) in [5.41, 5.74) is 3.12. The van der Waals surface area contributed by atoms with Crippen LogP contribution < -0.4 is 0 Å². The first-order valence-electron chi connectivity index (χ1n) is 5.54. The third-order valence-electron chi connectivity index (χ3n) is 2.89. The van der Waals surface area contributed by atoms with Crippen LogP contribution in [0.15, 0.2) is 36.1 Å². The van der Waals surface area contributed by atoms with Gasteiger partial charge < -0.3 is 4.74 Å². The Balaban J connectivity index is 2.55. The Bertz CT molecular complexity index is 477. The van der Waals surface area contributed by atoms with Crippen LogP contribution in [0.3, 0.4) is 0 Å². The Morgan fingerprint density at radius 3 is 2.94 bits per heavy atom. The lowest BCUT2D eigenvalue weighted by Gasteiger charge is -2.17. The fourth-order valence-corrected chi connectivity index (χ4v) is 2.54. The van der Waals surface area contributed by atoms with Crippen LogP contribution in [0.4, 0.5) is 4.39 Å². The highest BCUT2D eigenvalue weighted by molar-refractivity contribution is 9.08. The smallest absolute Gasteiger partial charge is 0.123 e. The molecular formula is C14H14BrFO. The molecule has 1 aliphatic rings. The van der Waals surface area contributed by atoms with Gasteiger partial charge in [0.25, 0.3) is 0 Å². The van der Waals surface area contributed by atoms with E-state index in [2.05, 4.69) is 22.0 Å². The second-order valence-corrected chi connectivity index (χ2v) is 4.48. The van der Waals surface area contributed by atoms with Crippen molar-refractivity contribution in [2.75, 3.05) is 7.11 Å². The van der Waals surface area contributed by atoms with Gasteiger partial charge in [-0.05, 0) is 42.2 Å². The second kappa shape index (κ2) is 5.50. The lowest BCUT2D eigenvalue weighted by Crippen LogP contribution is -2.00. The molecule has 2 rings (SSSR count). The lowest BCUT2D eigenvalue weighted by molar-refractivity contribution is 0.306. The minimum atomic E-state index is -0.206. The summed E-state index contributed by atoms with van der Waals surface area (Å²) in [7, 11) is 1.65. The summed E-state index contributed by atoms with van der Waals surface area (Å²) >= 11 is 3.44. The summed E-state index contributed by atoms with van der Waals surface area (Å²) in [5.74, 6) is 0.631. The van der Waals surface area contributed by atoms with E-state index in [-0.39, 0.29) is 5.82 Å². The van der Waals surface area contributed by atoms with Crippen molar-refractivity contribution in [2.45, 2.75) is 18.2 Å². The first-order chi connectivity index (χ1) is 8.26. The van der Waals surface area contributed by atoms with Gasteiger partial charge in [-0.2, -0.15) is 0 Å². The van der Waals surface area contributed by atoms with Gasteiger partial charge in [0.2, 0.25) is 0 Å². The van der Waals surface area contributed by atoms with Crippen molar-refractivity contribution >= 4 is 21.5 Å². The third-order valence-corrected chi connectivity index (χ3v) is 3.49. The second-order valence-electron chi connectivity index (χ2n) is 3.92. The van der Waals surface area contributed by atoms with E-state index in [1.54, 1.807) is 13.2 Å². The molecule has 0 radical (unpaired) electrons. The molecule has 0 bridgehead atoms. The van der Waals surface area contributed by atoms with E-state index >= 15 is 0 Å². The van der Waals surface area contributed by atoms with E-state index in [4.69, 9.17) is 4.74 Å². The van der Waals surface area contributed by atoms with Crippen LogP contribution in [0.2, 0.25) is 0 Å². The molecule has 0 spiro atoms. The van der Waals surface area contributed by atoms with Crippen LogP contribution in [0.1, 0.15) is 24.0 Å². The lowest BCUT2D eigenvalue weighted by atomic mass is 9.93. The fourth-order valence-electron chi connectivity index (χ4n) is 2.05. The van der Waals surface area contributed by atoms with E-state index < -0.39 is 0 Å². The molecule has 17 heavy (non-hydrogen) atoms. The van der Waals surface area contributed by atoms with Crippen LogP contribution in [0.25, 0.3) is 5.57 Å². The van der Waals surface area contributed by atoms with Crippen molar-refractivity contribution in [2.24, 2.45) is 0 Å². The van der Waals surface area contributed by atoms with Crippen molar-refractivity contribution in [3.63, 3.8) is 0 Å². The molecule has 1 aliphatic carbocycles. The largest absolute Gasteiger partial charge is 0.496 e. The van der Waals surface area contributed by atoms with Crippen molar-refractivity contribution in [3.8, 4) is 0 Å². The standard InChI is InChI=1S/C14H14BrFO/c1-17-14-5-3-2-4-12(14)13-8-11(16)7-6-10(13)9-15/h3,5-8H,2,4,9H2,1H3. The minimum Gasteiger partial charge on any atom is -0.496 e. The summed E-state index contributed by atoms with van der Waals surface area (Å²) in [5, 5.41) is 0.715. The molecule has 0 N–H and O–H groups in total. The average Bonchev–Trinajstić information content (AvgIpc) is 2.38. The number of benzene rings is 1. The maximum Gasteiger partial charge on any atom is 0.123 e. The number of alkyl halides is 1. The molecule has 0 heterocycles. The Morgan fingerprint density at radius 2 is 2.24 bits per heavy atom. The topological polar surface area (TPSA) is 9.23 Å². The number of methoxy groups -OCH3 is 1. The zero-order chi connectivity index (χ0) is 12.3. The predicted molar refractivity (Wildman–Crippen MR) is 71.3 cm³/mol. The van der Waals surface area contributed by atoms with Crippen LogP contribution >= 0.6 is 15.9 Å². The van der Waals surface area contributed by atoms with Gasteiger partial charge in [0.15, 0.2) is 0 Å². The van der Waals surface area contributed by atoms with Gasteiger partial charge in [0.05, 0.1) is 7.11 Å². The van der Waals surface area contributed by atoms with Gasteiger partial charge in [0.1, 0.15) is 11.6 Å². The first kappa shape index (κ1) is 12.4. The molecular weight excluding hydrogens is 283 g/mol. The molecule has 0 fully saturated rings. The van der Waals surface area contributed by atoms with E-state index in [9.17, 15) is 4.39 Å². The van der Waals surface area contributed by atoms with Crippen molar-refractivity contribution in [1.82, 2.24) is 0 Å². The summed E-state index contributed by atoms with van der Waals surface area (Å²) in [4.78, 5) is 0. The van der Waals surface area contributed by atoms with Gasteiger partial charge in [-0.15, -0.1) is 0 Å². The van der Waals surface area contributed by atoms with Crippen molar-refractivity contribution in [1.29, 1.82) is 0 Å². The molecule has 0 saturated carbocycles. The maximum absolute atomic E-state index is 13.4. The van der Waals surface area contributed by atoms with Crippen molar-refractivity contribution in [3.05, 3.63) is 53.1 Å². The highest BCUT2D eigenvalue weighted by atomic mass is 79.9. The SMILES string of the molecule is COC1=C(c2cc(F)ccc2CBr)CCC=C1. The highest BCUT2D eigenvalue weighted by Crippen LogP contribution is 2.32. The van der Waals surface area contributed by atoms with Crippen molar-refractivity contribution < 1.29 is 9.13 Å². The summed E-state index contributed by atoms with van der Waals surface area (Å²) in [6, 6.07) is 4.90. The molecule has 1 aromatic carbocycles. The number of ether oxygens (including phenoxy) is 1. The van der Waals surface area contributed by atoms with Crippen LogP contribution in [0, 0.1) is 5.82 Å². The molecule has 0 aromatic heterocycles. The van der Waals surface area contributed by atoms with E-state index in [0.717, 1.165) is 35.3 Å². The van der Waals surface area contributed by atoms with E-state index in [1.165, 1.54) is 6.07 Å². The highest BCUT2D eigenvalue weighted by Gasteiger charge is 2.15. The quantitative estimate of drug-likeness (QED) is 0.750. The monoisotopic (exact) mass is 296 g/mol. The zero-order valence-electron chi connectivity index (χ0n) is 9.67. The number of halogens is 2. The molecule has 0 amide bonds. The summed E-state index contributed by atoms with van der Waals surface area (Å²) in [6.07, 6.45) is 5.90. The van der Waals surface area contributed by atoms with Crippen LogP contribution in [-0.2, 0) is 10.1 Å². The number of hydrogen-bond donors (Lipinski definition) is 0. The molecule has 1 nitrogen and oxygen atoms in total. The third kappa shape index (κ3) is 2.60. The van der Waals surface area contributed by atoms with Crippen LogP contribution in [0.5, 0.6) is 0 Å². The average molecular weight is 297 g/mol. The summed E-state index contributed by atoms with van der Waals surface area (Å²) in [6.45, 7) is 0. The Kier molecular flexibility index (Phi) is 4.00. The number of rotatable bonds is 3. The molecule has 0 atom stereocenters. The number of hydrogen-bond acceptors (Lipinski definition) is 1. The fraction of sp³-hybridized carbons (Fsp3) is 0.286. The van der Waals surface area contributed by atoms with E-state index in [0.29, 0.717) is 5.33 Å². The molecule has 0 unspecified atom stereocenters. The Morgan fingerprint density at radius 1 is 1.41 bits per heavy atom. The number of allylic oxidation sites excluding steroid dienone is 3. The Labute approximate surface area is 109 Å². The summed E-state index contributed by atoms with van der Waals surface area (Å²) < 4.78 is 18.7. The predicted octanol–water partition coefficient (Wildman–Crippen LogP) is 4.43. The van der Waals surface area contributed by atoms with Gasteiger partial charge in [-0.25, -0.2) is 4.39 Å². The maximum atomic E-state index is 13.4. The Hall–Kier alpha value is -1.09. The van der Waals surface area contributed by atoms with Gasteiger partial charge in [-0.3, -0.25) is 0 Å². The normalized spacial score (nSPS) is 15.2. The van der Waals surface area contributed by atoms with Crippen LogP contribution in [-0.4, -0.2) is 7.11 Å². The molecule has 3 heteroatoms. The van der Waals surface area contributed by atoms with Gasteiger partial charge in [-0.1, -0.05) is 28.1 Å².